The van der Waals surface area contributed by atoms with E-state index >= 15 is 0 Å². The number of phenolic OH excluding ortho intramolecular Hbond substituents is 1. The monoisotopic (exact) mass is 385 g/mol. The van der Waals surface area contributed by atoms with Crippen LogP contribution in [-0.2, 0) is 14.8 Å². The molecule has 1 aliphatic rings. The molecule has 1 aromatic carbocycles. The van der Waals surface area contributed by atoms with Crippen molar-refractivity contribution in [2.45, 2.75) is 24.7 Å². The van der Waals surface area contributed by atoms with Gasteiger partial charge in [0.25, 0.3) is 0 Å². The number of aromatic hydroxyl groups is 1. The van der Waals surface area contributed by atoms with E-state index in [1.165, 1.54) is 16.4 Å². The van der Waals surface area contributed by atoms with Gasteiger partial charge in [0.2, 0.25) is 10.0 Å². The van der Waals surface area contributed by atoms with Crippen molar-refractivity contribution in [2.75, 3.05) is 46.4 Å². The number of unbranched alkanes of at least 4 members (excludes halogenated alkanes) is 1. The molecule has 0 unspecified atom stereocenters. The standard InChI is InChI=1S/C17H27N3O5S/c1-14-5-6-15(21)16(13-14)26(23,24)20-10-8-19(9-11-20)17(22)18-7-3-4-12-25-2/h5-6,13,21H,3-4,7-12H2,1-2H3,(H,18,22). The first kappa shape index (κ1) is 20.5. The fourth-order valence-electron chi connectivity index (χ4n) is 2.78. The van der Waals surface area contributed by atoms with Crippen LogP contribution in [0.4, 0.5) is 4.79 Å². The van der Waals surface area contributed by atoms with E-state index in [0.29, 0.717) is 26.2 Å². The number of amides is 2. The van der Waals surface area contributed by atoms with Crippen LogP contribution >= 0.6 is 0 Å². The summed E-state index contributed by atoms with van der Waals surface area (Å²) in [5, 5.41) is 12.7. The molecular weight excluding hydrogens is 358 g/mol. The number of piperazine rings is 1. The number of hydrogen-bond acceptors (Lipinski definition) is 5. The Morgan fingerprint density at radius 2 is 1.92 bits per heavy atom. The second kappa shape index (κ2) is 9.20. The summed E-state index contributed by atoms with van der Waals surface area (Å²) in [6.45, 7) is 4.04. The third kappa shape index (κ3) is 5.09. The van der Waals surface area contributed by atoms with Gasteiger partial charge in [0.05, 0.1) is 0 Å². The quantitative estimate of drug-likeness (QED) is 0.686. The number of nitrogens with one attached hydrogen (secondary N) is 1. The predicted molar refractivity (Wildman–Crippen MR) is 97.7 cm³/mol. The molecule has 0 aliphatic carbocycles. The number of carbonyl (C=O) groups excluding carboxylic acids is 1. The Hall–Kier alpha value is -1.84. The van der Waals surface area contributed by atoms with Gasteiger partial charge in [-0.25, -0.2) is 13.2 Å². The SMILES string of the molecule is COCCCCNC(=O)N1CCN(S(=O)(=O)c2cc(C)ccc2O)CC1. The van der Waals surface area contributed by atoms with E-state index in [9.17, 15) is 18.3 Å². The topological polar surface area (TPSA) is 99.2 Å². The fraction of sp³-hybridized carbons (Fsp3) is 0.588. The van der Waals surface area contributed by atoms with E-state index in [1.807, 2.05) is 0 Å². The summed E-state index contributed by atoms with van der Waals surface area (Å²) in [7, 11) is -2.14. The van der Waals surface area contributed by atoms with Crippen molar-refractivity contribution in [3.63, 3.8) is 0 Å². The third-order valence-electron chi connectivity index (χ3n) is 4.31. The lowest BCUT2D eigenvalue weighted by Crippen LogP contribution is -2.53. The number of nitrogens with zero attached hydrogens (tertiary/aromatic N) is 2. The van der Waals surface area contributed by atoms with Crippen molar-refractivity contribution in [3.8, 4) is 5.75 Å². The lowest BCUT2D eigenvalue weighted by molar-refractivity contribution is 0.170. The average molecular weight is 385 g/mol. The zero-order chi connectivity index (χ0) is 19.2. The maximum absolute atomic E-state index is 12.7. The second-order valence-electron chi connectivity index (χ2n) is 6.29. The molecule has 1 saturated heterocycles. The van der Waals surface area contributed by atoms with E-state index < -0.39 is 10.0 Å². The molecule has 1 fully saturated rings. The lowest BCUT2D eigenvalue weighted by Gasteiger charge is -2.34. The molecule has 146 valence electrons. The summed E-state index contributed by atoms with van der Waals surface area (Å²) in [5.74, 6) is -0.258. The minimum atomic E-state index is -3.78. The molecule has 2 N–H and O–H groups in total. The molecular formula is C17H27N3O5S. The Bertz CT molecular complexity index is 715. The summed E-state index contributed by atoms with van der Waals surface area (Å²) < 4.78 is 31.8. The smallest absolute Gasteiger partial charge is 0.317 e. The Balaban J connectivity index is 1.89. The first-order valence-electron chi connectivity index (χ1n) is 8.67. The number of aryl methyl sites for hydroxylation is 1. The minimum Gasteiger partial charge on any atom is -0.507 e. The lowest BCUT2D eigenvalue weighted by atomic mass is 10.2. The predicted octanol–water partition coefficient (Wildman–Crippen LogP) is 1.14. The summed E-state index contributed by atoms with van der Waals surface area (Å²) >= 11 is 0. The van der Waals surface area contributed by atoms with Gasteiger partial charge in [0.15, 0.2) is 0 Å². The number of rotatable bonds is 7. The van der Waals surface area contributed by atoms with Gasteiger partial charge in [0, 0.05) is 46.4 Å². The van der Waals surface area contributed by atoms with Crippen LogP contribution in [0.1, 0.15) is 18.4 Å². The van der Waals surface area contributed by atoms with Gasteiger partial charge in [-0.1, -0.05) is 6.07 Å². The Kier molecular flexibility index (Phi) is 7.24. The number of hydrogen-bond donors (Lipinski definition) is 2. The Morgan fingerprint density at radius 1 is 1.23 bits per heavy atom. The van der Waals surface area contributed by atoms with Crippen molar-refractivity contribution < 1.29 is 23.1 Å². The third-order valence-corrected chi connectivity index (χ3v) is 6.24. The van der Waals surface area contributed by atoms with Crippen LogP contribution in [0.15, 0.2) is 23.1 Å². The number of ether oxygens (including phenoxy) is 1. The minimum absolute atomic E-state index is 0.0893. The summed E-state index contributed by atoms with van der Waals surface area (Å²) in [6.07, 6.45) is 1.71. The molecule has 1 aliphatic heterocycles. The first-order chi connectivity index (χ1) is 12.4. The molecule has 0 saturated carbocycles. The maximum Gasteiger partial charge on any atom is 0.317 e. The number of phenols is 1. The molecule has 0 atom stereocenters. The highest BCUT2D eigenvalue weighted by Crippen LogP contribution is 2.27. The van der Waals surface area contributed by atoms with E-state index in [4.69, 9.17) is 4.74 Å². The van der Waals surface area contributed by atoms with Crippen molar-refractivity contribution >= 4 is 16.1 Å². The molecule has 1 aromatic rings. The fourth-order valence-corrected chi connectivity index (χ4v) is 4.37. The van der Waals surface area contributed by atoms with Crippen LogP contribution in [0.2, 0.25) is 0 Å². The molecule has 2 rings (SSSR count). The van der Waals surface area contributed by atoms with Gasteiger partial charge in [0.1, 0.15) is 10.6 Å². The van der Waals surface area contributed by atoms with Gasteiger partial charge in [-0.05, 0) is 37.5 Å². The Labute approximate surface area is 154 Å². The van der Waals surface area contributed by atoms with Crippen LogP contribution in [0.5, 0.6) is 5.75 Å². The van der Waals surface area contributed by atoms with Crippen LogP contribution < -0.4 is 5.32 Å². The molecule has 0 bridgehead atoms. The number of urea groups is 1. The normalized spacial score (nSPS) is 15.8. The average Bonchev–Trinajstić information content (AvgIpc) is 2.63. The molecule has 2 amide bonds. The van der Waals surface area contributed by atoms with Gasteiger partial charge < -0.3 is 20.1 Å². The molecule has 0 radical (unpaired) electrons. The number of sulfonamides is 1. The second-order valence-corrected chi connectivity index (χ2v) is 8.20. The molecule has 26 heavy (non-hydrogen) atoms. The van der Waals surface area contributed by atoms with Gasteiger partial charge in [-0.3, -0.25) is 0 Å². The van der Waals surface area contributed by atoms with Crippen LogP contribution in [0, 0.1) is 6.92 Å². The van der Waals surface area contributed by atoms with E-state index in [-0.39, 0.29) is 29.8 Å². The van der Waals surface area contributed by atoms with E-state index in [1.54, 1.807) is 25.0 Å². The van der Waals surface area contributed by atoms with Crippen molar-refractivity contribution in [2.24, 2.45) is 0 Å². The van der Waals surface area contributed by atoms with Gasteiger partial charge in [-0.15, -0.1) is 0 Å². The van der Waals surface area contributed by atoms with E-state index in [2.05, 4.69) is 5.32 Å². The molecule has 0 spiro atoms. The largest absolute Gasteiger partial charge is 0.507 e. The highest BCUT2D eigenvalue weighted by Gasteiger charge is 2.31. The maximum atomic E-state index is 12.7. The molecule has 0 aromatic heterocycles. The van der Waals surface area contributed by atoms with Gasteiger partial charge in [-0.2, -0.15) is 4.31 Å². The van der Waals surface area contributed by atoms with Crippen molar-refractivity contribution in [1.29, 1.82) is 0 Å². The molecule has 9 heteroatoms. The number of methoxy groups -OCH3 is 1. The summed E-state index contributed by atoms with van der Waals surface area (Å²) in [6, 6.07) is 4.32. The van der Waals surface area contributed by atoms with Gasteiger partial charge >= 0.3 is 6.03 Å². The zero-order valence-electron chi connectivity index (χ0n) is 15.3. The highest BCUT2D eigenvalue weighted by molar-refractivity contribution is 7.89. The number of benzene rings is 1. The Morgan fingerprint density at radius 3 is 2.58 bits per heavy atom. The molecule has 8 nitrogen and oxygen atoms in total. The number of carbonyl (C=O) groups is 1. The highest BCUT2D eigenvalue weighted by atomic mass is 32.2. The summed E-state index contributed by atoms with van der Waals surface area (Å²) in [5.41, 5.74) is 0.757. The van der Waals surface area contributed by atoms with Crippen LogP contribution in [0.25, 0.3) is 0 Å². The first-order valence-corrected chi connectivity index (χ1v) is 10.1. The van der Waals surface area contributed by atoms with Crippen molar-refractivity contribution in [1.82, 2.24) is 14.5 Å². The van der Waals surface area contributed by atoms with E-state index in [0.717, 1.165) is 18.4 Å². The summed E-state index contributed by atoms with van der Waals surface area (Å²) in [4.78, 5) is 13.7. The van der Waals surface area contributed by atoms with Crippen molar-refractivity contribution in [3.05, 3.63) is 23.8 Å². The molecule has 1 heterocycles. The zero-order valence-corrected chi connectivity index (χ0v) is 16.1. The van der Waals surface area contributed by atoms with Crippen LogP contribution in [-0.4, -0.2) is 75.2 Å². The van der Waals surface area contributed by atoms with Crippen LogP contribution in [0.3, 0.4) is 0 Å².